The first-order valence-corrected chi connectivity index (χ1v) is 6.87. The minimum absolute atomic E-state index is 0.188. The molecule has 0 atom stereocenters. The second-order valence-corrected chi connectivity index (χ2v) is 4.99. The van der Waals surface area contributed by atoms with E-state index < -0.39 is 11.9 Å². The largest absolute Gasteiger partial charge is 0.464 e. The van der Waals surface area contributed by atoms with E-state index in [1.54, 1.807) is 30.3 Å². The molecule has 2 aromatic heterocycles. The molecule has 0 unspecified atom stereocenters. The third-order valence-corrected chi connectivity index (χ3v) is 3.26. The molecule has 0 aliphatic rings. The molecule has 7 heteroatoms. The molecule has 3 aromatic rings. The fraction of sp³-hybridized carbons (Fsp3) is 0.0625. The van der Waals surface area contributed by atoms with Crippen molar-refractivity contribution in [2.24, 2.45) is 0 Å². The number of alkyl halides is 3. The number of ether oxygens (including phenoxy) is 1. The van der Waals surface area contributed by atoms with E-state index in [1.165, 1.54) is 18.4 Å². The third-order valence-electron chi connectivity index (χ3n) is 2.97. The number of furan rings is 1. The Balaban J connectivity index is 1.86. The number of hydrogen-bond donors (Lipinski definition) is 0. The summed E-state index contributed by atoms with van der Waals surface area (Å²) >= 11 is 6.11. The molecule has 0 spiro atoms. The normalized spacial score (nSPS) is 11.5. The second-order valence-electron chi connectivity index (χ2n) is 4.58. The Bertz CT molecular complexity index is 816. The molecule has 0 N–H and O–H groups in total. The number of nitrogens with zero attached hydrogens (tertiary/aromatic N) is 1. The van der Waals surface area contributed by atoms with Crippen LogP contribution in [0.4, 0.5) is 13.2 Å². The molecule has 3 rings (SSSR count). The number of aromatic nitrogens is 1. The lowest BCUT2D eigenvalue weighted by molar-refractivity contribution is -0.141. The maximum absolute atomic E-state index is 12.6. The van der Waals surface area contributed by atoms with Crippen LogP contribution in [0.1, 0.15) is 5.69 Å². The van der Waals surface area contributed by atoms with Crippen LogP contribution in [0.5, 0.6) is 11.6 Å². The van der Waals surface area contributed by atoms with E-state index in [0.29, 0.717) is 5.76 Å². The van der Waals surface area contributed by atoms with E-state index in [0.717, 1.165) is 11.6 Å². The van der Waals surface area contributed by atoms with Gasteiger partial charge in [0.2, 0.25) is 5.88 Å². The molecule has 0 radical (unpaired) electrons. The summed E-state index contributed by atoms with van der Waals surface area (Å²) in [5.41, 5.74) is -0.303. The Hall–Kier alpha value is -2.47. The number of hydrogen-bond acceptors (Lipinski definition) is 3. The average molecular weight is 340 g/mol. The smallest absolute Gasteiger partial charge is 0.433 e. The van der Waals surface area contributed by atoms with Gasteiger partial charge in [0.25, 0.3) is 0 Å². The van der Waals surface area contributed by atoms with Gasteiger partial charge < -0.3 is 9.15 Å². The van der Waals surface area contributed by atoms with Crippen LogP contribution in [0, 0.1) is 0 Å². The molecule has 3 nitrogen and oxygen atoms in total. The summed E-state index contributed by atoms with van der Waals surface area (Å²) in [7, 11) is 0. The fourth-order valence-electron chi connectivity index (χ4n) is 1.92. The third kappa shape index (κ3) is 3.48. The monoisotopic (exact) mass is 339 g/mol. The SMILES string of the molecule is FC(F)(F)c1cccc(Oc2ccc(-c3ccco3)cc2Cl)n1. The molecule has 0 saturated carbocycles. The molecule has 0 aliphatic heterocycles. The van der Waals surface area contributed by atoms with Crippen molar-refractivity contribution in [3.63, 3.8) is 0 Å². The summed E-state index contributed by atoms with van der Waals surface area (Å²) in [5.74, 6) is 0.636. The van der Waals surface area contributed by atoms with Crippen molar-refractivity contribution in [1.82, 2.24) is 4.98 Å². The van der Waals surface area contributed by atoms with E-state index in [-0.39, 0.29) is 16.7 Å². The van der Waals surface area contributed by atoms with Crippen LogP contribution in [0.3, 0.4) is 0 Å². The molecule has 23 heavy (non-hydrogen) atoms. The topological polar surface area (TPSA) is 35.3 Å². The zero-order chi connectivity index (χ0) is 16.4. The first-order valence-electron chi connectivity index (χ1n) is 6.49. The first-order chi connectivity index (χ1) is 10.9. The Morgan fingerprint density at radius 3 is 2.52 bits per heavy atom. The number of benzene rings is 1. The second kappa shape index (κ2) is 5.96. The first kappa shape index (κ1) is 15.4. The van der Waals surface area contributed by atoms with E-state index >= 15 is 0 Å². The van der Waals surface area contributed by atoms with Crippen LogP contribution in [-0.4, -0.2) is 4.98 Å². The summed E-state index contributed by atoms with van der Waals surface area (Å²) in [6.45, 7) is 0. The number of pyridine rings is 1. The van der Waals surface area contributed by atoms with Crippen molar-refractivity contribution >= 4 is 11.6 Å². The standard InChI is InChI=1S/C16H9ClF3NO2/c17-11-9-10(12-3-2-8-22-12)6-7-13(11)23-15-5-1-4-14(21-15)16(18,19)20/h1-9H. The van der Waals surface area contributed by atoms with E-state index in [9.17, 15) is 13.2 Å². The molecule has 0 aliphatic carbocycles. The van der Waals surface area contributed by atoms with Gasteiger partial charge in [-0.25, -0.2) is 4.98 Å². The maximum Gasteiger partial charge on any atom is 0.433 e. The molecule has 1 aromatic carbocycles. The predicted molar refractivity (Wildman–Crippen MR) is 78.5 cm³/mol. The Morgan fingerprint density at radius 2 is 1.87 bits per heavy atom. The van der Waals surface area contributed by atoms with Gasteiger partial charge in [-0.3, -0.25) is 0 Å². The van der Waals surface area contributed by atoms with Crippen LogP contribution in [0.2, 0.25) is 5.02 Å². The van der Waals surface area contributed by atoms with Crippen molar-refractivity contribution in [1.29, 1.82) is 0 Å². The Morgan fingerprint density at radius 1 is 1.04 bits per heavy atom. The van der Waals surface area contributed by atoms with Crippen LogP contribution in [0.25, 0.3) is 11.3 Å². The van der Waals surface area contributed by atoms with E-state index in [2.05, 4.69) is 4.98 Å². The molecule has 2 heterocycles. The van der Waals surface area contributed by atoms with Crippen molar-refractivity contribution < 1.29 is 22.3 Å². The fourth-order valence-corrected chi connectivity index (χ4v) is 2.14. The summed E-state index contributed by atoms with van der Waals surface area (Å²) in [6.07, 6.45) is -3.01. The summed E-state index contributed by atoms with van der Waals surface area (Å²) < 4.78 is 48.5. The molecule has 0 bridgehead atoms. The zero-order valence-electron chi connectivity index (χ0n) is 11.5. The average Bonchev–Trinajstić information content (AvgIpc) is 3.03. The molecular formula is C16H9ClF3NO2. The van der Waals surface area contributed by atoms with Crippen molar-refractivity contribution in [3.05, 3.63) is 65.5 Å². The maximum atomic E-state index is 12.6. The van der Waals surface area contributed by atoms with Gasteiger partial charge >= 0.3 is 6.18 Å². The Labute approximate surface area is 134 Å². The zero-order valence-corrected chi connectivity index (χ0v) is 12.2. The van der Waals surface area contributed by atoms with Crippen LogP contribution >= 0.6 is 11.6 Å². The highest BCUT2D eigenvalue weighted by Crippen LogP contribution is 2.34. The van der Waals surface area contributed by atoms with Gasteiger partial charge in [-0.2, -0.15) is 13.2 Å². The highest BCUT2D eigenvalue weighted by Gasteiger charge is 2.32. The van der Waals surface area contributed by atoms with Crippen LogP contribution in [-0.2, 0) is 6.18 Å². The highest BCUT2D eigenvalue weighted by atomic mass is 35.5. The highest BCUT2D eigenvalue weighted by molar-refractivity contribution is 6.32. The van der Waals surface area contributed by atoms with E-state index in [4.69, 9.17) is 20.8 Å². The lowest BCUT2D eigenvalue weighted by atomic mass is 10.2. The van der Waals surface area contributed by atoms with Gasteiger partial charge in [-0.05, 0) is 36.4 Å². The Kier molecular flexibility index (Phi) is 4.00. The molecular weight excluding hydrogens is 331 g/mol. The van der Waals surface area contributed by atoms with Crippen LogP contribution < -0.4 is 4.74 Å². The molecule has 0 fully saturated rings. The lowest BCUT2D eigenvalue weighted by Gasteiger charge is -2.10. The molecule has 118 valence electrons. The number of rotatable bonds is 3. The quantitative estimate of drug-likeness (QED) is 0.604. The van der Waals surface area contributed by atoms with Gasteiger partial charge in [-0.1, -0.05) is 17.7 Å². The minimum atomic E-state index is -4.54. The molecule has 0 saturated heterocycles. The summed E-state index contributed by atoms with van der Waals surface area (Å²) in [6, 6.07) is 11.7. The summed E-state index contributed by atoms with van der Waals surface area (Å²) in [4.78, 5) is 3.43. The van der Waals surface area contributed by atoms with Gasteiger partial charge in [0, 0.05) is 11.6 Å². The van der Waals surface area contributed by atoms with Crippen molar-refractivity contribution in [2.45, 2.75) is 6.18 Å². The van der Waals surface area contributed by atoms with E-state index in [1.807, 2.05) is 0 Å². The lowest BCUT2D eigenvalue weighted by Crippen LogP contribution is -2.07. The van der Waals surface area contributed by atoms with Crippen LogP contribution in [0.15, 0.2) is 59.2 Å². The van der Waals surface area contributed by atoms with Gasteiger partial charge in [0.15, 0.2) is 0 Å². The van der Waals surface area contributed by atoms with Gasteiger partial charge in [0.05, 0.1) is 11.3 Å². The van der Waals surface area contributed by atoms with Gasteiger partial charge in [-0.15, -0.1) is 0 Å². The summed E-state index contributed by atoms with van der Waals surface area (Å²) in [5, 5.41) is 0.234. The molecule has 0 amide bonds. The number of halogens is 4. The predicted octanol–water partition coefficient (Wildman–Crippen LogP) is 5.81. The van der Waals surface area contributed by atoms with Crippen molar-refractivity contribution in [2.75, 3.05) is 0 Å². The van der Waals surface area contributed by atoms with Crippen molar-refractivity contribution in [3.8, 4) is 23.0 Å². The van der Waals surface area contributed by atoms with Gasteiger partial charge in [0.1, 0.15) is 17.2 Å². The minimum Gasteiger partial charge on any atom is -0.464 e.